The molecule has 0 fully saturated rings. The Kier molecular flexibility index (Phi) is 4.37. The zero-order valence-corrected chi connectivity index (χ0v) is 12.1. The van der Waals surface area contributed by atoms with Crippen molar-refractivity contribution in [3.63, 3.8) is 0 Å². The molecule has 0 aliphatic rings. The number of thiophene rings is 1. The summed E-state index contributed by atoms with van der Waals surface area (Å²) in [5, 5.41) is 18.8. The summed E-state index contributed by atoms with van der Waals surface area (Å²) in [6.07, 6.45) is 0. The lowest BCUT2D eigenvalue weighted by molar-refractivity contribution is 0.0699. The van der Waals surface area contributed by atoms with Crippen molar-refractivity contribution in [1.29, 1.82) is 0 Å². The van der Waals surface area contributed by atoms with Crippen LogP contribution < -0.4 is 0 Å². The van der Waals surface area contributed by atoms with Gasteiger partial charge in [-0.1, -0.05) is 6.07 Å². The van der Waals surface area contributed by atoms with Crippen molar-refractivity contribution in [2.45, 2.75) is 19.5 Å². The normalized spacial score (nSPS) is 13.1. The Morgan fingerprint density at radius 2 is 2.20 bits per heavy atom. The van der Waals surface area contributed by atoms with E-state index in [1.165, 1.54) is 6.07 Å². The number of aliphatic hydroxyl groups excluding tert-OH is 1. The largest absolute Gasteiger partial charge is 0.477 e. The number of aliphatic hydroxyl groups is 1. The van der Waals surface area contributed by atoms with Gasteiger partial charge in [0.2, 0.25) is 0 Å². The van der Waals surface area contributed by atoms with E-state index in [2.05, 4.69) is 0 Å². The monoisotopic (exact) mass is 297 g/mol. The third-order valence-electron chi connectivity index (χ3n) is 3.38. The van der Waals surface area contributed by atoms with Gasteiger partial charge < -0.3 is 10.2 Å². The highest BCUT2D eigenvalue weighted by molar-refractivity contribution is 7.21. The van der Waals surface area contributed by atoms with Crippen LogP contribution >= 0.6 is 11.3 Å². The fourth-order valence-electron chi connectivity index (χ4n) is 2.04. The zero-order valence-electron chi connectivity index (χ0n) is 11.3. The van der Waals surface area contributed by atoms with Crippen molar-refractivity contribution in [2.24, 2.45) is 0 Å². The first-order chi connectivity index (χ1) is 9.45. The summed E-state index contributed by atoms with van der Waals surface area (Å²) >= 11 is 1.08. The molecule has 1 unspecified atom stereocenters. The summed E-state index contributed by atoms with van der Waals surface area (Å²) in [6, 6.07) is 4.50. The Hall–Kier alpha value is -1.50. The van der Waals surface area contributed by atoms with E-state index in [0.717, 1.165) is 11.3 Å². The number of nitrogens with zero attached hydrogens (tertiary/aromatic N) is 1. The molecular weight excluding hydrogens is 281 g/mol. The molecule has 4 nitrogen and oxygen atoms in total. The number of aromatic carboxylic acids is 1. The Bertz CT molecular complexity index is 641. The van der Waals surface area contributed by atoms with Gasteiger partial charge in [0.15, 0.2) is 0 Å². The van der Waals surface area contributed by atoms with Gasteiger partial charge in [-0.25, -0.2) is 9.18 Å². The number of halogens is 1. The van der Waals surface area contributed by atoms with Gasteiger partial charge in [-0.05, 0) is 26.1 Å². The van der Waals surface area contributed by atoms with Gasteiger partial charge >= 0.3 is 5.97 Å². The fourth-order valence-corrected chi connectivity index (χ4v) is 3.10. The van der Waals surface area contributed by atoms with Crippen molar-refractivity contribution in [3.05, 3.63) is 34.5 Å². The number of fused-ring (bicyclic) bond motifs is 1. The van der Waals surface area contributed by atoms with Gasteiger partial charge in [0.25, 0.3) is 0 Å². The molecule has 2 N–H and O–H groups in total. The highest BCUT2D eigenvalue weighted by atomic mass is 32.1. The topological polar surface area (TPSA) is 60.8 Å². The lowest BCUT2D eigenvalue weighted by atomic mass is 10.1. The SMILES string of the molecule is CC(CO)N(C)Cc1c(C(=O)O)sc2cccc(F)c12. The minimum absolute atomic E-state index is 0.0382. The molecule has 1 heterocycles. The summed E-state index contributed by atoms with van der Waals surface area (Å²) < 4.78 is 14.6. The van der Waals surface area contributed by atoms with Crippen molar-refractivity contribution in [1.82, 2.24) is 4.90 Å². The van der Waals surface area contributed by atoms with E-state index in [4.69, 9.17) is 5.11 Å². The van der Waals surface area contributed by atoms with Crippen LogP contribution in [0.2, 0.25) is 0 Å². The molecule has 6 heteroatoms. The molecule has 2 rings (SSSR count). The molecule has 0 saturated carbocycles. The Morgan fingerprint density at radius 3 is 2.80 bits per heavy atom. The molecule has 2 aromatic rings. The van der Waals surface area contributed by atoms with Crippen LogP contribution in [0.25, 0.3) is 10.1 Å². The van der Waals surface area contributed by atoms with Crippen LogP contribution in [-0.2, 0) is 6.54 Å². The molecular formula is C14H16FNO3S. The Morgan fingerprint density at radius 1 is 1.50 bits per heavy atom. The van der Waals surface area contributed by atoms with Crippen molar-refractivity contribution < 1.29 is 19.4 Å². The molecule has 1 atom stereocenters. The number of hydrogen-bond donors (Lipinski definition) is 2. The third-order valence-corrected chi connectivity index (χ3v) is 4.57. The minimum atomic E-state index is -1.05. The maximum Gasteiger partial charge on any atom is 0.346 e. The number of likely N-dealkylation sites (N-methyl/N-ethyl adjacent to an activating group) is 1. The lowest BCUT2D eigenvalue weighted by Crippen LogP contribution is -2.31. The average Bonchev–Trinajstić information content (AvgIpc) is 2.78. The average molecular weight is 297 g/mol. The van der Waals surface area contributed by atoms with Gasteiger partial charge in [-0.3, -0.25) is 4.90 Å². The van der Waals surface area contributed by atoms with Gasteiger partial charge in [-0.2, -0.15) is 0 Å². The van der Waals surface area contributed by atoms with Gasteiger partial charge in [0.05, 0.1) is 6.61 Å². The zero-order chi connectivity index (χ0) is 14.9. The van der Waals surface area contributed by atoms with Crippen LogP contribution in [0.3, 0.4) is 0 Å². The Labute approximate surface area is 120 Å². The van der Waals surface area contributed by atoms with Crippen LogP contribution in [-0.4, -0.2) is 40.8 Å². The van der Waals surface area contributed by atoms with E-state index >= 15 is 0 Å². The van der Waals surface area contributed by atoms with Gasteiger partial charge in [0, 0.05) is 28.2 Å². The maximum atomic E-state index is 14.0. The second-order valence-corrected chi connectivity index (χ2v) is 5.83. The van der Waals surface area contributed by atoms with Crippen LogP contribution in [0.15, 0.2) is 18.2 Å². The summed E-state index contributed by atoms with van der Waals surface area (Å²) in [4.78, 5) is 13.3. The van der Waals surface area contributed by atoms with Crippen molar-refractivity contribution >= 4 is 27.4 Å². The molecule has 0 aliphatic heterocycles. The number of hydrogen-bond acceptors (Lipinski definition) is 4. The number of carboxylic acids is 1. The molecule has 0 bridgehead atoms. The number of benzene rings is 1. The minimum Gasteiger partial charge on any atom is -0.477 e. The quantitative estimate of drug-likeness (QED) is 0.890. The fraction of sp³-hybridized carbons (Fsp3) is 0.357. The van der Waals surface area contributed by atoms with E-state index in [9.17, 15) is 14.3 Å². The van der Waals surface area contributed by atoms with E-state index in [1.54, 1.807) is 24.1 Å². The smallest absolute Gasteiger partial charge is 0.346 e. The van der Waals surface area contributed by atoms with Crippen LogP contribution in [0.5, 0.6) is 0 Å². The summed E-state index contributed by atoms with van der Waals surface area (Å²) in [7, 11) is 1.77. The summed E-state index contributed by atoms with van der Waals surface area (Å²) in [6.45, 7) is 2.07. The van der Waals surface area contributed by atoms with E-state index < -0.39 is 11.8 Å². The second kappa shape index (κ2) is 5.87. The highest BCUT2D eigenvalue weighted by Crippen LogP contribution is 2.34. The molecule has 1 aromatic carbocycles. The van der Waals surface area contributed by atoms with Gasteiger partial charge in [-0.15, -0.1) is 11.3 Å². The molecule has 0 amide bonds. The molecule has 0 saturated heterocycles. The Balaban J connectivity index is 2.54. The van der Waals surface area contributed by atoms with Gasteiger partial charge in [0.1, 0.15) is 10.7 Å². The third kappa shape index (κ3) is 2.67. The summed E-state index contributed by atoms with van der Waals surface area (Å²) in [5.74, 6) is -1.46. The predicted octanol–water partition coefficient (Wildman–Crippen LogP) is 2.55. The van der Waals surface area contributed by atoms with E-state index in [-0.39, 0.29) is 24.1 Å². The predicted molar refractivity (Wildman–Crippen MR) is 76.8 cm³/mol. The van der Waals surface area contributed by atoms with Crippen LogP contribution in [0.1, 0.15) is 22.2 Å². The van der Waals surface area contributed by atoms with Crippen LogP contribution in [0, 0.1) is 5.82 Å². The van der Waals surface area contributed by atoms with Crippen molar-refractivity contribution in [2.75, 3.05) is 13.7 Å². The van der Waals surface area contributed by atoms with Crippen LogP contribution in [0.4, 0.5) is 4.39 Å². The molecule has 0 radical (unpaired) electrons. The van der Waals surface area contributed by atoms with E-state index in [1.807, 2.05) is 6.92 Å². The molecule has 1 aromatic heterocycles. The molecule has 0 aliphatic carbocycles. The first-order valence-corrected chi connectivity index (χ1v) is 7.01. The lowest BCUT2D eigenvalue weighted by Gasteiger charge is -2.22. The molecule has 108 valence electrons. The first-order valence-electron chi connectivity index (χ1n) is 6.20. The molecule has 20 heavy (non-hydrogen) atoms. The number of carbonyl (C=O) groups is 1. The van der Waals surface area contributed by atoms with E-state index in [0.29, 0.717) is 15.6 Å². The maximum absolute atomic E-state index is 14.0. The molecule has 0 spiro atoms. The highest BCUT2D eigenvalue weighted by Gasteiger charge is 2.22. The first kappa shape index (κ1) is 14.9. The number of carboxylic acid groups (broad SMARTS) is 1. The summed E-state index contributed by atoms with van der Waals surface area (Å²) in [5.41, 5.74) is 0.471. The van der Waals surface area contributed by atoms with Crippen molar-refractivity contribution in [3.8, 4) is 0 Å². The standard InChI is InChI=1S/C14H16FNO3S/c1-8(7-17)16(2)6-9-12-10(15)4-3-5-11(12)20-13(9)14(18)19/h3-5,8,17H,6-7H2,1-2H3,(H,18,19). The number of rotatable bonds is 5. The second-order valence-electron chi connectivity index (χ2n) is 4.77.